The van der Waals surface area contributed by atoms with Crippen molar-refractivity contribution in [1.82, 2.24) is 4.98 Å². The molecule has 3 heteroatoms. The molecule has 1 rings (SSSR count). The van der Waals surface area contributed by atoms with Gasteiger partial charge in [0.05, 0.1) is 11.4 Å². The number of hydrogen-bond acceptors (Lipinski definition) is 3. The van der Waals surface area contributed by atoms with Gasteiger partial charge in [0.1, 0.15) is 0 Å². The molecule has 1 aromatic rings. The molecule has 1 heterocycles. The highest BCUT2D eigenvalue weighted by Gasteiger charge is 2.01. The van der Waals surface area contributed by atoms with Gasteiger partial charge >= 0.3 is 0 Å². The summed E-state index contributed by atoms with van der Waals surface area (Å²) in [6.07, 6.45) is 5.02. The van der Waals surface area contributed by atoms with Crippen LogP contribution in [-0.2, 0) is 0 Å². The summed E-state index contributed by atoms with van der Waals surface area (Å²) in [5.74, 6) is 5.29. The molecule has 3 nitrogen and oxygen atoms in total. The predicted molar refractivity (Wildman–Crippen MR) is 52.2 cm³/mol. The molecule has 3 N–H and O–H groups in total. The highest BCUT2D eigenvalue weighted by molar-refractivity contribution is 5.72. The summed E-state index contributed by atoms with van der Waals surface area (Å²) in [5.41, 5.74) is 5.01. The van der Waals surface area contributed by atoms with Crippen molar-refractivity contribution < 1.29 is 0 Å². The van der Waals surface area contributed by atoms with Gasteiger partial charge in [0.15, 0.2) is 0 Å². The average Bonchev–Trinajstić information content (AvgIpc) is 2.16. The minimum Gasteiger partial charge on any atom is -0.323 e. The van der Waals surface area contributed by atoms with Gasteiger partial charge < -0.3 is 5.43 Å². The first-order chi connectivity index (χ1) is 5.83. The van der Waals surface area contributed by atoms with E-state index in [9.17, 15) is 0 Å². The minimum atomic E-state index is 0.778. The number of nitrogen functional groups attached to an aromatic ring is 1. The monoisotopic (exact) mass is 161 g/mol. The smallest absolute Gasteiger partial charge is 0.0717 e. The topological polar surface area (TPSA) is 50.9 Å². The zero-order valence-electron chi connectivity index (χ0n) is 6.75. The Hall–Kier alpha value is -1.61. The molecule has 0 spiro atoms. The van der Waals surface area contributed by atoms with Crippen LogP contribution in [0.15, 0.2) is 25.4 Å². The second kappa shape index (κ2) is 3.69. The third kappa shape index (κ3) is 1.35. The van der Waals surface area contributed by atoms with Crippen molar-refractivity contribution in [2.75, 3.05) is 5.43 Å². The van der Waals surface area contributed by atoms with Crippen LogP contribution in [0.3, 0.4) is 0 Å². The molecular formula is C9H11N3. The molecule has 0 fully saturated rings. The molecule has 0 aliphatic heterocycles. The molecule has 0 aliphatic carbocycles. The summed E-state index contributed by atoms with van der Waals surface area (Å²) in [5, 5.41) is 0. The van der Waals surface area contributed by atoms with Crippen LogP contribution >= 0.6 is 0 Å². The Kier molecular flexibility index (Phi) is 2.61. The molecule has 0 aromatic carbocycles. The molecule has 0 atom stereocenters. The molecule has 62 valence electrons. The number of nitrogens with two attached hydrogens (primary N) is 1. The van der Waals surface area contributed by atoms with Gasteiger partial charge in [0, 0.05) is 11.8 Å². The van der Waals surface area contributed by atoms with Crippen molar-refractivity contribution >= 4 is 17.8 Å². The van der Waals surface area contributed by atoms with Gasteiger partial charge in [-0.25, -0.2) is 0 Å². The Morgan fingerprint density at radius 1 is 1.42 bits per heavy atom. The third-order valence-corrected chi connectivity index (χ3v) is 1.57. The van der Waals surface area contributed by atoms with Crippen LogP contribution in [0.2, 0.25) is 0 Å². The minimum absolute atomic E-state index is 0.778. The van der Waals surface area contributed by atoms with E-state index in [4.69, 9.17) is 5.84 Å². The number of nitrogens with one attached hydrogen (secondary N) is 1. The number of nitrogens with zero attached hydrogens (tertiary/aromatic N) is 1. The van der Waals surface area contributed by atoms with Crippen LogP contribution in [0.25, 0.3) is 12.2 Å². The van der Waals surface area contributed by atoms with Gasteiger partial charge in [-0.1, -0.05) is 19.2 Å². The standard InChI is InChI=1S/C9H11N3/c1-3-7-8(4-2)11-6-5-9(7)12-10/h3-6H,1-2,10H2,(H,11,12). The summed E-state index contributed by atoms with van der Waals surface area (Å²) in [6, 6.07) is 1.78. The van der Waals surface area contributed by atoms with Crippen LogP contribution < -0.4 is 11.3 Å². The number of hydrogen-bond donors (Lipinski definition) is 2. The molecule has 0 saturated heterocycles. The van der Waals surface area contributed by atoms with E-state index in [2.05, 4.69) is 23.6 Å². The van der Waals surface area contributed by atoms with Crippen LogP contribution in [0.1, 0.15) is 11.3 Å². The normalized spacial score (nSPS) is 9.08. The Bertz CT molecular complexity index is 305. The summed E-state index contributed by atoms with van der Waals surface area (Å²) < 4.78 is 0. The van der Waals surface area contributed by atoms with E-state index in [0.29, 0.717) is 0 Å². The molecule has 0 saturated carbocycles. The van der Waals surface area contributed by atoms with E-state index in [1.54, 1.807) is 24.4 Å². The molecule has 12 heavy (non-hydrogen) atoms. The van der Waals surface area contributed by atoms with E-state index in [1.165, 1.54) is 0 Å². The molecular weight excluding hydrogens is 150 g/mol. The largest absolute Gasteiger partial charge is 0.323 e. The summed E-state index contributed by atoms with van der Waals surface area (Å²) >= 11 is 0. The van der Waals surface area contributed by atoms with Gasteiger partial charge in [-0.3, -0.25) is 10.8 Å². The Balaban J connectivity index is 3.31. The fraction of sp³-hybridized carbons (Fsp3) is 0. The van der Waals surface area contributed by atoms with Crippen LogP contribution in [0.5, 0.6) is 0 Å². The van der Waals surface area contributed by atoms with Crippen molar-refractivity contribution in [1.29, 1.82) is 0 Å². The second-order valence-electron chi connectivity index (χ2n) is 2.21. The van der Waals surface area contributed by atoms with Gasteiger partial charge in [-0.2, -0.15) is 0 Å². The van der Waals surface area contributed by atoms with Crippen molar-refractivity contribution in [3.05, 3.63) is 36.7 Å². The number of pyridine rings is 1. The van der Waals surface area contributed by atoms with Gasteiger partial charge in [-0.05, 0) is 12.1 Å². The maximum absolute atomic E-state index is 5.29. The fourth-order valence-corrected chi connectivity index (χ4v) is 0.992. The van der Waals surface area contributed by atoms with Crippen molar-refractivity contribution in [2.24, 2.45) is 5.84 Å². The fourth-order valence-electron chi connectivity index (χ4n) is 0.992. The molecule has 0 amide bonds. The summed E-state index contributed by atoms with van der Waals surface area (Å²) in [4.78, 5) is 4.09. The lowest BCUT2D eigenvalue weighted by Crippen LogP contribution is -2.09. The maximum Gasteiger partial charge on any atom is 0.0717 e. The lowest BCUT2D eigenvalue weighted by Gasteiger charge is -2.06. The lowest BCUT2D eigenvalue weighted by molar-refractivity contribution is 1.25. The zero-order valence-corrected chi connectivity index (χ0v) is 6.75. The van der Waals surface area contributed by atoms with Crippen LogP contribution in [0, 0.1) is 0 Å². The van der Waals surface area contributed by atoms with E-state index in [-0.39, 0.29) is 0 Å². The molecule has 0 bridgehead atoms. The van der Waals surface area contributed by atoms with Gasteiger partial charge in [0.2, 0.25) is 0 Å². The quantitative estimate of drug-likeness (QED) is 0.523. The third-order valence-electron chi connectivity index (χ3n) is 1.57. The summed E-state index contributed by atoms with van der Waals surface area (Å²) in [7, 11) is 0. The average molecular weight is 161 g/mol. The Labute approximate surface area is 71.6 Å². The van der Waals surface area contributed by atoms with Gasteiger partial charge in [0.25, 0.3) is 0 Å². The first-order valence-corrected chi connectivity index (χ1v) is 3.54. The first-order valence-electron chi connectivity index (χ1n) is 3.54. The Morgan fingerprint density at radius 3 is 2.67 bits per heavy atom. The number of anilines is 1. The maximum atomic E-state index is 5.29. The SMILES string of the molecule is C=Cc1nccc(NN)c1C=C. The molecule has 0 unspecified atom stereocenters. The van der Waals surface area contributed by atoms with E-state index in [0.717, 1.165) is 16.9 Å². The zero-order chi connectivity index (χ0) is 8.97. The second-order valence-corrected chi connectivity index (χ2v) is 2.21. The first kappa shape index (κ1) is 8.49. The van der Waals surface area contributed by atoms with Crippen LogP contribution in [-0.4, -0.2) is 4.98 Å². The molecule has 0 aliphatic rings. The van der Waals surface area contributed by atoms with Gasteiger partial charge in [-0.15, -0.1) is 0 Å². The van der Waals surface area contributed by atoms with E-state index in [1.807, 2.05) is 0 Å². The van der Waals surface area contributed by atoms with Crippen molar-refractivity contribution in [3.63, 3.8) is 0 Å². The number of hydrazine groups is 1. The Morgan fingerprint density at radius 2 is 2.17 bits per heavy atom. The highest BCUT2D eigenvalue weighted by Crippen LogP contribution is 2.18. The molecule has 1 aromatic heterocycles. The van der Waals surface area contributed by atoms with Crippen molar-refractivity contribution in [2.45, 2.75) is 0 Å². The highest BCUT2D eigenvalue weighted by atomic mass is 15.2. The van der Waals surface area contributed by atoms with E-state index >= 15 is 0 Å². The van der Waals surface area contributed by atoms with Crippen molar-refractivity contribution in [3.8, 4) is 0 Å². The summed E-state index contributed by atoms with van der Waals surface area (Å²) in [6.45, 7) is 7.30. The van der Waals surface area contributed by atoms with E-state index < -0.39 is 0 Å². The number of rotatable bonds is 3. The molecule has 0 radical (unpaired) electrons. The predicted octanol–water partition coefficient (Wildman–Crippen LogP) is 1.65. The number of aromatic nitrogens is 1. The lowest BCUT2D eigenvalue weighted by atomic mass is 10.1. The van der Waals surface area contributed by atoms with Crippen LogP contribution in [0.4, 0.5) is 5.69 Å².